The lowest BCUT2D eigenvalue weighted by molar-refractivity contribution is -0.115. The van der Waals surface area contributed by atoms with Crippen LogP contribution in [0.4, 0.5) is 11.4 Å². The second-order valence-electron chi connectivity index (χ2n) is 3.08. The summed E-state index contributed by atoms with van der Waals surface area (Å²) in [5.41, 5.74) is 1.14. The Balaban J connectivity index is 2.92. The van der Waals surface area contributed by atoms with Gasteiger partial charge in [-0.05, 0) is 18.2 Å². The minimum Gasteiger partial charge on any atom is -0.495 e. The van der Waals surface area contributed by atoms with Crippen molar-refractivity contribution in [1.82, 2.24) is 0 Å². The topological polar surface area (TPSA) is 67.4 Å². The van der Waals surface area contributed by atoms with Crippen LogP contribution in [0.3, 0.4) is 0 Å². The van der Waals surface area contributed by atoms with E-state index in [1.54, 1.807) is 25.1 Å². The highest BCUT2D eigenvalue weighted by atomic mass is 16.5. The highest BCUT2D eigenvalue weighted by Gasteiger charge is 2.05. The number of nitrogens with one attached hydrogen (secondary N) is 2. The molecule has 0 atom stereocenters. The summed E-state index contributed by atoms with van der Waals surface area (Å²) in [7, 11) is 1.51. The Morgan fingerprint density at radius 2 is 2.25 bits per heavy atom. The van der Waals surface area contributed by atoms with Crippen molar-refractivity contribution in [2.45, 2.75) is 13.3 Å². The molecule has 0 heterocycles. The number of carbonyl (C=O) groups is 2. The van der Waals surface area contributed by atoms with E-state index in [4.69, 9.17) is 4.74 Å². The van der Waals surface area contributed by atoms with Crippen LogP contribution in [0.15, 0.2) is 18.2 Å². The van der Waals surface area contributed by atoms with Gasteiger partial charge in [0.15, 0.2) is 0 Å². The molecule has 0 saturated heterocycles. The molecule has 2 N–H and O–H groups in total. The fraction of sp³-hybridized carbons (Fsp3) is 0.273. The third-order valence-electron chi connectivity index (χ3n) is 2.02. The lowest BCUT2D eigenvalue weighted by Gasteiger charge is -2.10. The van der Waals surface area contributed by atoms with Crippen LogP contribution in [-0.2, 0) is 9.59 Å². The molecule has 0 fully saturated rings. The van der Waals surface area contributed by atoms with Crippen LogP contribution < -0.4 is 15.4 Å². The SMILES string of the molecule is CCC(=O)Nc1ccc(OC)c(NC=O)c1. The Bertz CT molecular complexity index is 391. The van der Waals surface area contributed by atoms with Gasteiger partial charge in [-0.2, -0.15) is 0 Å². The molecule has 86 valence electrons. The number of benzene rings is 1. The van der Waals surface area contributed by atoms with E-state index < -0.39 is 0 Å². The predicted molar refractivity (Wildman–Crippen MR) is 61.6 cm³/mol. The first-order valence-electron chi connectivity index (χ1n) is 4.89. The van der Waals surface area contributed by atoms with Gasteiger partial charge in [-0.3, -0.25) is 9.59 Å². The molecule has 1 rings (SSSR count). The van der Waals surface area contributed by atoms with Crippen LogP contribution in [0.5, 0.6) is 5.75 Å². The van der Waals surface area contributed by atoms with Gasteiger partial charge < -0.3 is 15.4 Å². The zero-order valence-electron chi connectivity index (χ0n) is 9.24. The number of carbonyl (C=O) groups excluding carboxylic acids is 2. The van der Waals surface area contributed by atoms with Crippen molar-refractivity contribution < 1.29 is 14.3 Å². The number of amides is 2. The second-order valence-corrected chi connectivity index (χ2v) is 3.08. The summed E-state index contributed by atoms with van der Waals surface area (Å²) >= 11 is 0. The summed E-state index contributed by atoms with van der Waals surface area (Å²) in [6.07, 6.45) is 0.964. The average molecular weight is 222 g/mol. The smallest absolute Gasteiger partial charge is 0.224 e. The van der Waals surface area contributed by atoms with Crippen LogP contribution in [0.1, 0.15) is 13.3 Å². The van der Waals surface area contributed by atoms with Gasteiger partial charge in [-0.25, -0.2) is 0 Å². The van der Waals surface area contributed by atoms with Crippen molar-refractivity contribution in [3.05, 3.63) is 18.2 Å². The Kier molecular flexibility index (Phi) is 4.32. The molecule has 0 spiro atoms. The molecule has 0 unspecified atom stereocenters. The van der Waals surface area contributed by atoms with Gasteiger partial charge in [0.05, 0.1) is 12.8 Å². The molecule has 16 heavy (non-hydrogen) atoms. The third-order valence-corrected chi connectivity index (χ3v) is 2.02. The predicted octanol–water partition coefficient (Wildman–Crippen LogP) is 1.61. The molecule has 0 radical (unpaired) electrons. The van der Waals surface area contributed by atoms with Gasteiger partial charge >= 0.3 is 0 Å². The molecule has 1 aromatic rings. The molecular weight excluding hydrogens is 208 g/mol. The van der Waals surface area contributed by atoms with Crippen molar-refractivity contribution in [3.63, 3.8) is 0 Å². The Morgan fingerprint density at radius 1 is 1.50 bits per heavy atom. The highest BCUT2D eigenvalue weighted by Crippen LogP contribution is 2.27. The van der Waals surface area contributed by atoms with Crippen LogP contribution in [0.25, 0.3) is 0 Å². The van der Waals surface area contributed by atoms with Crippen molar-refractivity contribution in [2.24, 2.45) is 0 Å². The van der Waals surface area contributed by atoms with Crippen molar-refractivity contribution in [2.75, 3.05) is 17.7 Å². The summed E-state index contributed by atoms with van der Waals surface area (Å²) in [5.74, 6) is 0.462. The number of anilines is 2. The zero-order valence-corrected chi connectivity index (χ0v) is 9.24. The lowest BCUT2D eigenvalue weighted by atomic mass is 10.2. The monoisotopic (exact) mass is 222 g/mol. The van der Waals surface area contributed by atoms with Crippen molar-refractivity contribution >= 4 is 23.7 Å². The van der Waals surface area contributed by atoms with Gasteiger partial charge in [-0.15, -0.1) is 0 Å². The standard InChI is InChI=1S/C11H14N2O3/c1-3-11(15)13-8-4-5-10(16-2)9(6-8)12-7-14/h4-7H,3H2,1-2H3,(H,12,14)(H,13,15). The summed E-state index contributed by atoms with van der Waals surface area (Å²) in [6, 6.07) is 5.03. The fourth-order valence-corrected chi connectivity index (χ4v) is 1.21. The molecule has 1 aromatic carbocycles. The maximum Gasteiger partial charge on any atom is 0.224 e. The quantitative estimate of drug-likeness (QED) is 0.744. The number of rotatable bonds is 5. The fourth-order valence-electron chi connectivity index (χ4n) is 1.21. The molecular formula is C11H14N2O3. The molecule has 0 saturated carbocycles. The minimum atomic E-state index is -0.0813. The molecule has 0 aliphatic heterocycles. The van der Waals surface area contributed by atoms with E-state index in [0.29, 0.717) is 30.0 Å². The van der Waals surface area contributed by atoms with Crippen LogP contribution >= 0.6 is 0 Å². The lowest BCUT2D eigenvalue weighted by Crippen LogP contribution is -2.09. The van der Waals surface area contributed by atoms with E-state index in [1.807, 2.05) is 0 Å². The Morgan fingerprint density at radius 3 is 2.81 bits per heavy atom. The summed E-state index contributed by atoms with van der Waals surface area (Å²) in [6.45, 7) is 1.77. The first-order chi connectivity index (χ1) is 7.71. The molecule has 0 aliphatic rings. The summed E-state index contributed by atoms with van der Waals surface area (Å²) < 4.78 is 5.05. The van der Waals surface area contributed by atoms with E-state index in [1.165, 1.54) is 7.11 Å². The normalized spacial score (nSPS) is 9.38. The number of ether oxygens (including phenoxy) is 1. The van der Waals surface area contributed by atoms with Crippen molar-refractivity contribution in [3.8, 4) is 5.75 Å². The second kappa shape index (κ2) is 5.75. The third kappa shape index (κ3) is 2.98. The largest absolute Gasteiger partial charge is 0.495 e. The number of hydrogen-bond donors (Lipinski definition) is 2. The molecule has 0 bridgehead atoms. The molecule has 0 aliphatic carbocycles. The summed E-state index contributed by atoms with van der Waals surface area (Å²) in [4.78, 5) is 21.6. The Hall–Kier alpha value is -2.04. The van der Waals surface area contributed by atoms with Crippen LogP contribution in [-0.4, -0.2) is 19.4 Å². The average Bonchev–Trinajstić information content (AvgIpc) is 2.30. The first kappa shape index (κ1) is 12.0. The van der Waals surface area contributed by atoms with Crippen molar-refractivity contribution in [1.29, 1.82) is 0 Å². The minimum absolute atomic E-state index is 0.0813. The zero-order chi connectivity index (χ0) is 12.0. The van der Waals surface area contributed by atoms with E-state index >= 15 is 0 Å². The highest BCUT2D eigenvalue weighted by molar-refractivity contribution is 5.92. The molecule has 2 amide bonds. The number of methoxy groups -OCH3 is 1. The van der Waals surface area contributed by atoms with Gasteiger partial charge in [-0.1, -0.05) is 6.92 Å². The van der Waals surface area contributed by atoms with Gasteiger partial charge in [0.25, 0.3) is 0 Å². The van der Waals surface area contributed by atoms with Gasteiger partial charge in [0, 0.05) is 12.1 Å². The molecule has 5 nitrogen and oxygen atoms in total. The number of hydrogen-bond acceptors (Lipinski definition) is 3. The maximum atomic E-state index is 11.2. The van der Waals surface area contributed by atoms with Crippen LogP contribution in [0.2, 0.25) is 0 Å². The van der Waals surface area contributed by atoms with E-state index in [0.717, 1.165) is 0 Å². The van der Waals surface area contributed by atoms with E-state index in [9.17, 15) is 9.59 Å². The summed E-state index contributed by atoms with van der Waals surface area (Å²) in [5, 5.41) is 5.19. The maximum absolute atomic E-state index is 11.2. The molecule has 5 heteroatoms. The first-order valence-corrected chi connectivity index (χ1v) is 4.89. The van der Waals surface area contributed by atoms with E-state index in [-0.39, 0.29) is 5.91 Å². The van der Waals surface area contributed by atoms with Gasteiger partial charge in [0.1, 0.15) is 5.75 Å². The van der Waals surface area contributed by atoms with E-state index in [2.05, 4.69) is 10.6 Å². The Labute approximate surface area is 93.8 Å². The van der Waals surface area contributed by atoms with Gasteiger partial charge in [0.2, 0.25) is 12.3 Å². The molecule has 0 aromatic heterocycles. The van der Waals surface area contributed by atoms with Crippen LogP contribution in [0, 0.1) is 0 Å².